The molecule has 0 aromatic carbocycles. The van der Waals surface area contributed by atoms with Gasteiger partial charge in [0, 0.05) is 12.4 Å². The first-order valence-corrected chi connectivity index (χ1v) is 2.85. The Morgan fingerprint density at radius 2 is 2.75 bits per heavy atom. The lowest BCUT2D eigenvalue weighted by molar-refractivity contribution is 0.701. The molecule has 0 amide bonds. The van der Waals surface area contributed by atoms with Crippen molar-refractivity contribution in [2.75, 3.05) is 0 Å². The molecule has 0 aliphatic rings. The van der Waals surface area contributed by atoms with Crippen molar-refractivity contribution in [3.05, 3.63) is 18.2 Å². The van der Waals surface area contributed by atoms with Gasteiger partial charge in [0.05, 0.1) is 16.6 Å². The highest BCUT2D eigenvalue weighted by molar-refractivity contribution is 7.65. The number of rotatable bonds is 1. The van der Waals surface area contributed by atoms with E-state index in [2.05, 4.69) is 9.97 Å². The van der Waals surface area contributed by atoms with E-state index in [1.54, 1.807) is 12.4 Å². The lowest BCUT2D eigenvalue weighted by Gasteiger charge is -1.71. The quantitative estimate of drug-likeness (QED) is 0.531. The summed E-state index contributed by atoms with van der Waals surface area (Å²) >= 11 is 0.391. The molecule has 0 spiro atoms. The van der Waals surface area contributed by atoms with Crippen LogP contribution in [0, 0.1) is 0 Å². The van der Waals surface area contributed by atoms with Crippen molar-refractivity contribution in [2.24, 2.45) is 0 Å². The van der Waals surface area contributed by atoms with E-state index in [-0.39, 0.29) is 0 Å². The highest BCUT2D eigenvalue weighted by atomic mass is 32.1. The fourth-order valence-electron chi connectivity index (χ4n) is 0.388. The Morgan fingerprint density at radius 1 is 1.88 bits per heavy atom. The van der Waals surface area contributed by atoms with Gasteiger partial charge in [0.1, 0.15) is 5.82 Å². The van der Waals surface area contributed by atoms with Gasteiger partial charge in [-0.25, -0.2) is 9.19 Å². The number of H-pyrrole nitrogens is 1. The van der Waals surface area contributed by atoms with E-state index in [0.29, 0.717) is 17.1 Å². The summed E-state index contributed by atoms with van der Waals surface area (Å²) in [6, 6.07) is 0. The largest absolute Gasteiger partial charge is 0.344 e. The monoisotopic (exact) mass is 128 g/mol. The van der Waals surface area contributed by atoms with Crippen LogP contribution in [0.5, 0.6) is 0 Å². The zero-order valence-electron chi connectivity index (χ0n) is 4.00. The first kappa shape index (κ1) is 5.24. The molecule has 1 rings (SSSR count). The average molecular weight is 128 g/mol. The second-order valence-electron chi connectivity index (χ2n) is 1.19. The number of nitrogens with zero attached hydrogens (tertiary/aromatic N) is 1. The summed E-state index contributed by atoms with van der Waals surface area (Å²) in [5.41, 5.74) is 0. The van der Waals surface area contributed by atoms with Gasteiger partial charge in [-0.15, -0.1) is 0 Å². The van der Waals surface area contributed by atoms with Gasteiger partial charge >= 0.3 is 0 Å². The fourth-order valence-corrected chi connectivity index (χ4v) is 0.608. The van der Waals surface area contributed by atoms with Crippen molar-refractivity contribution in [3.63, 3.8) is 0 Å². The maximum Gasteiger partial charge on any atom is 0.143 e. The van der Waals surface area contributed by atoms with E-state index in [0.717, 1.165) is 0 Å². The van der Waals surface area contributed by atoms with Gasteiger partial charge in [-0.05, 0) is 0 Å². The molecule has 0 aliphatic carbocycles. The maximum absolute atomic E-state index is 9.80. The minimum atomic E-state index is 0.391. The number of hydrogen-bond donors (Lipinski definition) is 1. The highest BCUT2D eigenvalue weighted by Crippen LogP contribution is 1.78. The third kappa shape index (κ3) is 1.04. The van der Waals surface area contributed by atoms with Crippen LogP contribution in [0.2, 0.25) is 0 Å². The lowest BCUT2D eigenvalue weighted by Crippen LogP contribution is -1.80. The highest BCUT2D eigenvalue weighted by Gasteiger charge is 1.81. The minimum Gasteiger partial charge on any atom is -0.344 e. The Bertz CT molecular complexity index is 200. The summed E-state index contributed by atoms with van der Waals surface area (Å²) in [7, 11) is 0. The zero-order valence-corrected chi connectivity index (χ0v) is 4.81. The normalized spacial score (nSPS) is 8.50. The Balaban J connectivity index is 2.93. The van der Waals surface area contributed by atoms with Crippen LogP contribution >= 0.6 is 0 Å². The average Bonchev–Trinajstić information content (AvgIpc) is 2.19. The summed E-state index contributed by atoms with van der Waals surface area (Å²) in [4.78, 5) is 6.52. The van der Waals surface area contributed by atoms with Gasteiger partial charge in [-0.3, -0.25) is 0 Å². The smallest absolute Gasteiger partial charge is 0.143 e. The molecule has 8 heavy (non-hydrogen) atoms. The summed E-state index contributed by atoms with van der Waals surface area (Å²) < 4.78 is 9.80. The van der Waals surface area contributed by atoms with Crippen LogP contribution in [0.1, 0.15) is 5.82 Å². The molecule has 0 radical (unpaired) electrons. The Morgan fingerprint density at radius 3 is 3.25 bits per heavy atom. The zero-order chi connectivity index (χ0) is 5.82. The van der Waals surface area contributed by atoms with Crippen LogP contribution in [-0.2, 0) is 11.3 Å². The first-order valence-electron chi connectivity index (χ1n) is 2.04. The molecule has 0 aliphatic heterocycles. The van der Waals surface area contributed by atoms with Gasteiger partial charge < -0.3 is 4.98 Å². The summed E-state index contributed by atoms with van der Waals surface area (Å²) in [5, 5.41) is 1.40. The van der Waals surface area contributed by atoms with Crippen molar-refractivity contribution in [1.29, 1.82) is 0 Å². The molecule has 4 heteroatoms. The van der Waals surface area contributed by atoms with Crippen LogP contribution < -0.4 is 0 Å². The molecule has 1 aromatic rings. The van der Waals surface area contributed by atoms with Gasteiger partial charge in [0.15, 0.2) is 0 Å². The number of aromatic amines is 1. The molecule has 1 heterocycles. The van der Waals surface area contributed by atoms with Gasteiger partial charge in [0.25, 0.3) is 0 Å². The Hall–Kier alpha value is -0.900. The van der Waals surface area contributed by atoms with E-state index in [1.165, 1.54) is 5.37 Å². The van der Waals surface area contributed by atoms with Crippen molar-refractivity contribution >= 4 is 16.6 Å². The molecule has 0 fully saturated rings. The molecule has 1 aromatic heterocycles. The summed E-state index contributed by atoms with van der Waals surface area (Å²) in [6.07, 6.45) is 3.27. The molecule has 0 unspecified atom stereocenters. The molecule has 0 saturated heterocycles. The second-order valence-corrected chi connectivity index (χ2v) is 1.62. The third-order valence-electron chi connectivity index (χ3n) is 0.679. The van der Waals surface area contributed by atoms with Gasteiger partial charge in [0.2, 0.25) is 0 Å². The maximum atomic E-state index is 9.80. The predicted octanol–water partition coefficient (Wildman–Crippen LogP) is -0.227. The molecule has 1 N–H and O–H groups in total. The summed E-state index contributed by atoms with van der Waals surface area (Å²) in [5.74, 6) is 0.616. The van der Waals surface area contributed by atoms with Crippen molar-refractivity contribution in [3.8, 4) is 0 Å². The Kier molecular flexibility index (Phi) is 1.58. The van der Waals surface area contributed by atoms with E-state index in [4.69, 9.17) is 0 Å². The summed E-state index contributed by atoms with van der Waals surface area (Å²) in [6.45, 7) is 0. The van der Waals surface area contributed by atoms with Gasteiger partial charge in [-0.1, -0.05) is 0 Å². The van der Waals surface area contributed by atoms with Crippen molar-refractivity contribution in [2.45, 2.75) is 0 Å². The van der Waals surface area contributed by atoms with Gasteiger partial charge in [-0.2, -0.15) is 0 Å². The molecule has 0 atom stereocenters. The predicted molar refractivity (Wildman–Crippen MR) is 31.9 cm³/mol. The van der Waals surface area contributed by atoms with Crippen LogP contribution in [-0.4, -0.2) is 19.5 Å². The standard InChI is InChI=1S/C4H4N2OS/c7-8-3-4-5-1-2-6-4/h1-3H,(H,5,6). The molecule has 0 bridgehead atoms. The fraction of sp³-hybridized carbons (Fsp3) is 0. The molecule has 3 nitrogen and oxygen atoms in total. The molecular weight excluding hydrogens is 124 g/mol. The van der Waals surface area contributed by atoms with Crippen LogP contribution in [0.4, 0.5) is 0 Å². The lowest BCUT2D eigenvalue weighted by atomic mass is 10.7. The number of hydrogen-bond acceptors (Lipinski definition) is 2. The third-order valence-corrected chi connectivity index (χ3v) is 0.999. The SMILES string of the molecule is O=S=Cc1ncc[nH]1. The topological polar surface area (TPSA) is 45.8 Å². The van der Waals surface area contributed by atoms with E-state index in [9.17, 15) is 4.21 Å². The Labute approximate surface area is 49.8 Å². The van der Waals surface area contributed by atoms with E-state index < -0.39 is 0 Å². The molecule has 42 valence electrons. The van der Waals surface area contributed by atoms with Crippen molar-refractivity contribution in [1.82, 2.24) is 9.97 Å². The van der Waals surface area contributed by atoms with Crippen LogP contribution in [0.25, 0.3) is 0 Å². The van der Waals surface area contributed by atoms with Crippen LogP contribution in [0.3, 0.4) is 0 Å². The number of aromatic nitrogens is 2. The minimum absolute atomic E-state index is 0.391. The number of imidazole rings is 1. The van der Waals surface area contributed by atoms with Crippen LogP contribution in [0.15, 0.2) is 12.4 Å². The van der Waals surface area contributed by atoms with Crippen molar-refractivity contribution < 1.29 is 4.21 Å². The second kappa shape index (κ2) is 2.42. The first-order chi connectivity index (χ1) is 3.93. The number of nitrogens with one attached hydrogen (secondary N) is 1. The van der Waals surface area contributed by atoms with E-state index >= 15 is 0 Å². The van der Waals surface area contributed by atoms with E-state index in [1.807, 2.05) is 0 Å². The molecular formula is C4H4N2OS. The molecule has 0 saturated carbocycles.